The van der Waals surface area contributed by atoms with E-state index < -0.39 is 0 Å². The van der Waals surface area contributed by atoms with Crippen LogP contribution in [0.3, 0.4) is 0 Å². The number of anilines is 3. The SMILES string of the molecule is CC1(C)c2ccccc2-c2ccc(-c3ccc4c(c3)N(c3cccc(-c5ccccc5)c3)c3cc(-c5ccc6c(c5)-c5ccccc5C65c6ccccc6-c6ccccc65)ccc3O4)cc21. The van der Waals surface area contributed by atoms with E-state index in [0.717, 1.165) is 45.3 Å². The summed E-state index contributed by atoms with van der Waals surface area (Å²) in [6, 6.07) is 83.1. The summed E-state index contributed by atoms with van der Waals surface area (Å²) < 4.78 is 6.88. The van der Waals surface area contributed by atoms with Gasteiger partial charge in [-0.3, -0.25) is 0 Å². The van der Waals surface area contributed by atoms with Crippen LogP contribution in [0.5, 0.6) is 11.5 Å². The van der Waals surface area contributed by atoms with Gasteiger partial charge in [-0.15, -0.1) is 0 Å². The first-order valence-corrected chi connectivity index (χ1v) is 23.1. The summed E-state index contributed by atoms with van der Waals surface area (Å²) in [6.07, 6.45) is 0. The molecule has 14 rings (SSSR count). The number of rotatable bonds is 4. The van der Waals surface area contributed by atoms with Gasteiger partial charge in [-0.1, -0.05) is 190 Å². The lowest BCUT2D eigenvalue weighted by atomic mass is 9.70. The molecule has 2 heteroatoms. The van der Waals surface area contributed by atoms with E-state index in [0.29, 0.717) is 0 Å². The van der Waals surface area contributed by atoms with Crippen molar-refractivity contribution in [2.24, 2.45) is 0 Å². The lowest BCUT2D eigenvalue weighted by Gasteiger charge is -2.34. The highest BCUT2D eigenvalue weighted by atomic mass is 16.5. The molecule has 2 nitrogen and oxygen atoms in total. The molecule has 0 N–H and O–H groups in total. The largest absolute Gasteiger partial charge is 0.453 e. The molecular formula is C64H43NO. The van der Waals surface area contributed by atoms with Crippen molar-refractivity contribution in [3.8, 4) is 78.3 Å². The van der Waals surface area contributed by atoms with Crippen LogP contribution in [0.25, 0.3) is 66.8 Å². The van der Waals surface area contributed by atoms with Crippen molar-refractivity contribution >= 4 is 17.1 Å². The third-order valence-electron chi connectivity index (χ3n) is 15.1. The van der Waals surface area contributed by atoms with E-state index >= 15 is 0 Å². The minimum Gasteiger partial charge on any atom is -0.453 e. The first kappa shape index (κ1) is 37.2. The fraction of sp³-hybridized carbons (Fsp3) is 0.0625. The third-order valence-corrected chi connectivity index (χ3v) is 15.1. The molecule has 1 aliphatic heterocycles. The van der Waals surface area contributed by atoms with E-state index in [-0.39, 0.29) is 10.8 Å². The van der Waals surface area contributed by atoms with E-state index in [1.807, 2.05) is 0 Å². The first-order chi connectivity index (χ1) is 32.5. The zero-order chi connectivity index (χ0) is 43.7. The monoisotopic (exact) mass is 841 g/mol. The molecule has 1 spiro atoms. The minimum absolute atomic E-state index is 0.0925. The van der Waals surface area contributed by atoms with Crippen LogP contribution in [-0.4, -0.2) is 0 Å². The Bertz CT molecular complexity index is 3620. The van der Waals surface area contributed by atoms with E-state index in [1.165, 1.54) is 83.5 Å². The van der Waals surface area contributed by atoms with E-state index in [4.69, 9.17) is 4.74 Å². The Morgan fingerprint density at radius 1 is 0.303 bits per heavy atom. The third kappa shape index (κ3) is 5.07. The number of nitrogens with zero attached hydrogens (tertiary/aromatic N) is 1. The highest BCUT2D eigenvalue weighted by Crippen LogP contribution is 2.63. The van der Waals surface area contributed by atoms with Gasteiger partial charge in [0.1, 0.15) is 0 Å². The molecule has 10 aromatic rings. The van der Waals surface area contributed by atoms with Crippen LogP contribution in [0.2, 0.25) is 0 Å². The molecule has 10 aromatic carbocycles. The highest BCUT2D eigenvalue weighted by molar-refractivity contribution is 5.97. The first-order valence-electron chi connectivity index (χ1n) is 23.1. The molecule has 310 valence electrons. The zero-order valence-electron chi connectivity index (χ0n) is 36.7. The van der Waals surface area contributed by atoms with Crippen LogP contribution >= 0.6 is 0 Å². The van der Waals surface area contributed by atoms with Crippen molar-refractivity contribution in [3.63, 3.8) is 0 Å². The smallest absolute Gasteiger partial charge is 0.151 e. The van der Waals surface area contributed by atoms with Crippen molar-refractivity contribution in [2.45, 2.75) is 24.7 Å². The number of hydrogen-bond donors (Lipinski definition) is 0. The van der Waals surface area contributed by atoms with Crippen molar-refractivity contribution in [2.75, 3.05) is 4.90 Å². The van der Waals surface area contributed by atoms with Gasteiger partial charge in [0.05, 0.1) is 16.8 Å². The molecule has 0 aromatic heterocycles. The summed E-state index contributed by atoms with van der Waals surface area (Å²) in [4.78, 5) is 2.41. The Morgan fingerprint density at radius 3 is 1.38 bits per heavy atom. The summed E-state index contributed by atoms with van der Waals surface area (Å²) in [6.45, 7) is 4.70. The summed E-state index contributed by atoms with van der Waals surface area (Å²) >= 11 is 0. The van der Waals surface area contributed by atoms with E-state index in [1.54, 1.807) is 0 Å². The maximum Gasteiger partial charge on any atom is 0.151 e. The van der Waals surface area contributed by atoms with Gasteiger partial charge in [-0.2, -0.15) is 0 Å². The van der Waals surface area contributed by atoms with Crippen LogP contribution < -0.4 is 9.64 Å². The van der Waals surface area contributed by atoms with Crippen LogP contribution in [-0.2, 0) is 10.8 Å². The normalized spacial score (nSPS) is 14.5. The summed E-state index contributed by atoms with van der Waals surface area (Å²) in [7, 11) is 0. The van der Waals surface area contributed by atoms with Gasteiger partial charge in [0.2, 0.25) is 0 Å². The van der Waals surface area contributed by atoms with Crippen LogP contribution in [0, 0.1) is 0 Å². The second-order valence-corrected chi connectivity index (χ2v) is 18.8. The van der Waals surface area contributed by atoms with Crippen LogP contribution in [0.1, 0.15) is 47.2 Å². The lowest BCUT2D eigenvalue weighted by molar-refractivity contribution is 0.477. The quantitative estimate of drug-likeness (QED) is 0.175. The number of ether oxygens (including phenoxy) is 1. The molecule has 0 fully saturated rings. The van der Waals surface area contributed by atoms with Gasteiger partial charge in [-0.05, 0) is 149 Å². The number of fused-ring (bicyclic) bond motifs is 15. The van der Waals surface area contributed by atoms with Crippen LogP contribution in [0.4, 0.5) is 17.1 Å². The standard InChI is InChI=1S/C64H43NO/c1-63(2)53-23-10-6-19-47(53)51-31-27-43(37-58(51)63)45-30-34-62-60(39-45)65(46-18-14-17-41(35-46)40-15-4-3-5-16-40)59-38-44(29-33-61(59)66-62)42-28-32-57-52(36-42)50-22-9-13-26-56(50)64(57)54-24-11-7-20-48(54)49-21-8-12-25-55(49)64/h3-39H,1-2H3. The van der Waals surface area contributed by atoms with Gasteiger partial charge >= 0.3 is 0 Å². The van der Waals surface area contributed by atoms with Gasteiger partial charge in [0, 0.05) is 11.1 Å². The number of benzene rings is 10. The molecule has 1 heterocycles. The van der Waals surface area contributed by atoms with Crippen molar-refractivity contribution in [3.05, 3.63) is 258 Å². The fourth-order valence-corrected chi connectivity index (χ4v) is 12.1. The van der Waals surface area contributed by atoms with Gasteiger partial charge in [-0.25, -0.2) is 0 Å². The highest BCUT2D eigenvalue weighted by Gasteiger charge is 2.51. The molecule has 0 saturated carbocycles. The summed E-state index contributed by atoms with van der Waals surface area (Å²) in [5.74, 6) is 1.65. The van der Waals surface area contributed by atoms with Crippen molar-refractivity contribution in [1.82, 2.24) is 0 Å². The van der Waals surface area contributed by atoms with Crippen LogP contribution in [0.15, 0.2) is 224 Å². The zero-order valence-corrected chi connectivity index (χ0v) is 36.7. The predicted molar refractivity (Wildman–Crippen MR) is 271 cm³/mol. The molecule has 0 radical (unpaired) electrons. The lowest BCUT2D eigenvalue weighted by Crippen LogP contribution is -2.25. The second-order valence-electron chi connectivity index (χ2n) is 18.8. The molecule has 0 bridgehead atoms. The Balaban J connectivity index is 0.925. The summed E-state index contributed by atoms with van der Waals surface area (Å²) in [5, 5.41) is 0. The molecule has 0 atom stereocenters. The molecule has 0 saturated heterocycles. The maximum absolute atomic E-state index is 6.88. The molecule has 0 unspecified atom stereocenters. The Morgan fingerprint density at radius 2 is 0.742 bits per heavy atom. The summed E-state index contributed by atoms with van der Waals surface area (Å²) in [5.41, 5.74) is 25.6. The van der Waals surface area contributed by atoms with Crippen molar-refractivity contribution in [1.29, 1.82) is 0 Å². The fourth-order valence-electron chi connectivity index (χ4n) is 12.1. The molecule has 66 heavy (non-hydrogen) atoms. The predicted octanol–water partition coefficient (Wildman–Crippen LogP) is 16.9. The molecule has 4 aliphatic rings. The van der Waals surface area contributed by atoms with E-state index in [2.05, 4.69) is 243 Å². The van der Waals surface area contributed by atoms with E-state index in [9.17, 15) is 0 Å². The average Bonchev–Trinajstić information content (AvgIpc) is 3.93. The topological polar surface area (TPSA) is 12.5 Å². The Labute approximate surface area is 385 Å². The average molecular weight is 842 g/mol. The van der Waals surface area contributed by atoms with Gasteiger partial charge < -0.3 is 9.64 Å². The van der Waals surface area contributed by atoms with Crippen molar-refractivity contribution < 1.29 is 4.74 Å². The second kappa shape index (κ2) is 13.7. The number of hydrogen-bond acceptors (Lipinski definition) is 2. The van der Waals surface area contributed by atoms with Gasteiger partial charge in [0.15, 0.2) is 11.5 Å². The van der Waals surface area contributed by atoms with Gasteiger partial charge in [0.25, 0.3) is 0 Å². The minimum atomic E-state index is -0.373. The Kier molecular flexibility index (Phi) is 7.70. The maximum atomic E-state index is 6.88. The molecule has 0 amide bonds. The Hall–Kier alpha value is -8.20. The molecular weight excluding hydrogens is 799 g/mol. The molecule has 3 aliphatic carbocycles.